The number of nitrogens with zero attached hydrogens (tertiary/aromatic N) is 1. The van der Waals surface area contributed by atoms with Gasteiger partial charge in [0.25, 0.3) is 0 Å². The highest BCUT2D eigenvalue weighted by Gasteiger charge is 2.25. The maximum Gasteiger partial charge on any atom is 0.0447 e. The summed E-state index contributed by atoms with van der Waals surface area (Å²) in [5.74, 6) is 0. The molecular formula is C15H24N2O. The van der Waals surface area contributed by atoms with Crippen molar-refractivity contribution in [1.29, 1.82) is 0 Å². The van der Waals surface area contributed by atoms with Crippen LogP contribution in [0.3, 0.4) is 0 Å². The van der Waals surface area contributed by atoms with Crippen LogP contribution in [0.1, 0.15) is 31.2 Å². The summed E-state index contributed by atoms with van der Waals surface area (Å²) in [5.41, 5.74) is 2.69. The summed E-state index contributed by atoms with van der Waals surface area (Å²) in [6, 6.07) is 9.29. The summed E-state index contributed by atoms with van der Waals surface area (Å²) in [5, 5.41) is 12.3. The molecule has 1 saturated carbocycles. The zero-order valence-electron chi connectivity index (χ0n) is 11.2. The number of aliphatic hydroxyl groups is 1. The molecule has 18 heavy (non-hydrogen) atoms. The van der Waals surface area contributed by atoms with Gasteiger partial charge < -0.3 is 15.3 Å². The quantitative estimate of drug-likeness (QED) is 0.776. The first-order valence-electron chi connectivity index (χ1n) is 6.97. The monoisotopic (exact) mass is 248 g/mol. The third-order valence-corrected chi connectivity index (χ3v) is 3.74. The zero-order valence-corrected chi connectivity index (χ0v) is 11.2. The Bertz CT molecular complexity index is 363. The number of rotatable bonds is 7. The molecular weight excluding hydrogens is 224 g/mol. The molecule has 1 aliphatic rings. The number of hydrogen-bond acceptors (Lipinski definition) is 3. The molecule has 1 aromatic rings. The predicted octanol–water partition coefficient (Wildman–Crippen LogP) is 2.15. The van der Waals surface area contributed by atoms with Gasteiger partial charge in [-0.15, -0.1) is 0 Å². The van der Waals surface area contributed by atoms with Gasteiger partial charge in [0.15, 0.2) is 0 Å². The van der Waals surface area contributed by atoms with E-state index in [1.54, 1.807) is 0 Å². The molecule has 0 amide bonds. The van der Waals surface area contributed by atoms with Gasteiger partial charge in [-0.2, -0.15) is 0 Å². The molecule has 0 aromatic heterocycles. The van der Waals surface area contributed by atoms with Gasteiger partial charge >= 0.3 is 0 Å². The summed E-state index contributed by atoms with van der Waals surface area (Å²) in [4.78, 5) is 2.49. The Morgan fingerprint density at radius 1 is 1.33 bits per heavy atom. The van der Waals surface area contributed by atoms with Crippen molar-refractivity contribution in [3.05, 3.63) is 29.8 Å². The van der Waals surface area contributed by atoms with E-state index in [0.717, 1.165) is 19.5 Å². The Morgan fingerprint density at radius 2 is 2.11 bits per heavy atom. The minimum Gasteiger partial charge on any atom is -0.396 e. The molecule has 0 heterocycles. The second-order valence-electron chi connectivity index (χ2n) is 5.01. The molecule has 0 spiro atoms. The van der Waals surface area contributed by atoms with Gasteiger partial charge in [0.05, 0.1) is 0 Å². The third kappa shape index (κ3) is 3.03. The largest absolute Gasteiger partial charge is 0.396 e. The fourth-order valence-corrected chi connectivity index (χ4v) is 2.57. The smallest absolute Gasteiger partial charge is 0.0447 e. The molecule has 0 saturated heterocycles. The van der Waals surface area contributed by atoms with Gasteiger partial charge in [0, 0.05) is 31.4 Å². The zero-order chi connectivity index (χ0) is 12.8. The molecule has 1 aliphatic carbocycles. The van der Waals surface area contributed by atoms with Gasteiger partial charge in [-0.3, -0.25) is 0 Å². The van der Waals surface area contributed by atoms with Gasteiger partial charge in [0.2, 0.25) is 0 Å². The van der Waals surface area contributed by atoms with Gasteiger partial charge in [0.1, 0.15) is 0 Å². The Hall–Kier alpha value is -1.06. The lowest BCUT2D eigenvalue weighted by Gasteiger charge is -2.40. The second kappa shape index (κ2) is 6.76. The lowest BCUT2D eigenvalue weighted by atomic mass is 9.90. The van der Waals surface area contributed by atoms with Gasteiger partial charge in [-0.1, -0.05) is 18.2 Å². The summed E-state index contributed by atoms with van der Waals surface area (Å²) in [6.45, 7) is 2.14. The fraction of sp³-hybridized carbons (Fsp3) is 0.600. The van der Waals surface area contributed by atoms with Crippen molar-refractivity contribution in [3.8, 4) is 0 Å². The van der Waals surface area contributed by atoms with Crippen molar-refractivity contribution in [2.75, 3.05) is 25.1 Å². The third-order valence-electron chi connectivity index (χ3n) is 3.74. The maximum absolute atomic E-state index is 9.07. The van der Waals surface area contributed by atoms with E-state index in [1.165, 1.54) is 30.5 Å². The maximum atomic E-state index is 9.07. The molecule has 1 aromatic carbocycles. The minimum atomic E-state index is 0.275. The van der Waals surface area contributed by atoms with Crippen LogP contribution in [0.15, 0.2) is 24.3 Å². The van der Waals surface area contributed by atoms with Crippen molar-refractivity contribution < 1.29 is 5.11 Å². The Morgan fingerprint density at radius 3 is 2.72 bits per heavy atom. The van der Waals surface area contributed by atoms with E-state index in [0.29, 0.717) is 6.04 Å². The Kier molecular flexibility index (Phi) is 5.02. The summed E-state index contributed by atoms with van der Waals surface area (Å²) < 4.78 is 0. The van der Waals surface area contributed by atoms with E-state index in [1.807, 2.05) is 7.05 Å². The summed E-state index contributed by atoms with van der Waals surface area (Å²) in [6.07, 6.45) is 4.78. The van der Waals surface area contributed by atoms with Crippen LogP contribution in [-0.2, 0) is 6.54 Å². The number of anilines is 1. The molecule has 0 radical (unpaired) electrons. The first-order chi connectivity index (χ1) is 8.86. The van der Waals surface area contributed by atoms with E-state index in [2.05, 4.69) is 34.5 Å². The number of para-hydroxylation sites is 1. The molecule has 3 nitrogen and oxygen atoms in total. The van der Waals surface area contributed by atoms with Crippen molar-refractivity contribution in [1.82, 2.24) is 5.32 Å². The van der Waals surface area contributed by atoms with Crippen molar-refractivity contribution in [3.63, 3.8) is 0 Å². The lowest BCUT2D eigenvalue weighted by Crippen LogP contribution is -2.41. The molecule has 0 bridgehead atoms. The van der Waals surface area contributed by atoms with Crippen LogP contribution in [0.2, 0.25) is 0 Å². The molecule has 100 valence electrons. The van der Waals surface area contributed by atoms with Crippen LogP contribution < -0.4 is 10.2 Å². The van der Waals surface area contributed by atoms with Crippen LogP contribution in [-0.4, -0.2) is 31.3 Å². The van der Waals surface area contributed by atoms with E-state index in [-0.39, 0.29) is 6.61 Å². The Balaban J connectivity index is 2.17. The summed E-state index contributed by atoms with van der Waals surface area (Å²) >= 11 is 0. The molecule has 0 unspecified atom stereocenters. The van der Waals surface area contributed by atoms with Crippen LogP contribution >= 0.6 is 0 Å². The van der Waals surface area contributed by atoms with E-state index >= 15 is 0 Å². The predicted molar refractivity (Wildman–Crippen MR) is 75.9 cm³/mol. The standard InChI is InChI=1S/C15H24N2O/c1-16-12-13-6-2-3-9-15(13)17(10-5-11-18)14-7-4-8-14/h2-3,6,9,14,16,18H,4-5,7-8,10-12H2,1H3. The molecule has 1 fully saturated rings. The topological polar surface area (TPSA) is 35.5 Å². The van der Waals surface area contributed by atoms with Crippen LogP contribution in [0.5, 0.6) is 0 Å². The van der Waals surface area contributed by atoms with E-state index in [4.69, 9.17) is 5.11 Å². The SMILES string of the molecule is CNCc1ccccc1N(CCCO)C1CCC1. The van der Waals surface area contributed by atoms with E-state index < -0.39 is 0 Å². The van der Waals surface area contributed by atoms with Crippen molar-refractivity contribution in [2.24, 2.45) is 0 Å². The number of hydrogen-bond donors (Lipinski definition) is 2. The molecule has 0 atom stereocenters. The van der Waals surface area contributed by atoms with Crippen molar-refractivity contribution in [2.45, 2.75) is 38.3 Å². The first-order valence-corrected chi connectivity index (χ1v) is 6.97. The fourth-order valence-electron chi connectivity index (χ4n) is 2.57. The average Bonchev–Trinajstić information content (AvgIpc) is 2.33. The van der Waals surface area contributed by atoms with Crippen LogP contribution in [0.4, 0.5) is 5.69 Å². The normalized spacial score (nSPS) is 15.4. The minimum absolute atomic E-state index is 0.275. The molecule has 2 N–H and O–H groups in total. The highest BCUT2D eigenvalue weighted by Crippen LogP contribution is 2.31. The number of benzene rings is 1. The number of aliphatic hydroxyl groups excluding tert-OH is 1. The summed E-state index contributed by atoms with van der Waals surface area (Å²) in [7, 11) is 1.98. The molecule has 3 heteroatoms. The average molecular weight is 248 g/mol. The molecule has 2 rings (SSSR count). The molecule has 0 aliphatic heterocycles. The van der Waals surface area contributed by atoms with Gasteiger partial charge in [-0.25, -0.2) is 0 Å². The lowest BCUT2D eigenvalue weighted by molar-refractivity contribution is 0.283. The Labute approximate surface area is 110 Å². The second-order valence-corrected chi connectivity index (χ2v) is 5.01. The van der Waals surface area contributed by atoms with Gasteiger partial charge in [-0.05, 0) is 44.4 Å². The van der Waals surface area contributed by atoms with Crippen molar-refractivity contribution >= 4 is 5.69 Å². The highest BCUT2D eigenvalue weighted by atomic mass is 16.3. The highest BCUT2D eigenvalue weighted by molar-refractivity contribution is 5.54. The van der Waals surface area contributed by atoms with Crippen LogP contribution in [0.25, 0.3) is 0 Å². The first kappa shape index (κ1) is 13.4. The van der Waals surface area contributed by atoms with Crippen LogP contribution in [0, 0.1) is 0 Å². The van der Waals surface area contributed by atoms with E-state index in [9.17, 15) is 0 Å². The number of nitrogens with one attached hydrogen (secondary N) is 1.